The average Bonchev–Trinajstić information content (AvgIpc) is 3.25. The summed E-state index contributed by atoms with van der Waals surface area (Å²) in [5.74, 6) is 1.27. The van der Waals surface area contributed by atoms with Crippen LogP contribution in [0, 0.1) is 11.3 Å². The maximum Gasteiger partial charge on any atom is 0.232 e. The van der Waals surface area contributed by atoms with Crippen LogP contribution in [0.25, 0.3) is 0 Å². The predicted molar refractivity (Wildman–Crippen MR) is 144 cm³/mol. The van der Waals surface area contributed by atoms with E-state index in [0.717, 1.165) is 61.9 Å². The summed E-state index contributed by atoms with van der Waals surface area (Å²) >= 11 is 0. The molecule has 0 saturated carbocycles. The van der Waals surface area contributed by atoms with Crippen molar-refractivity contribution >= 4 is 5.91 Å². The lowest BCUT2D eigenvalue weighted by Crippen LogP contribution is -2.44. The minimum Gasteiger partial charge on any atom is -0.456 e. The van der Waals surface area contributed by atoms with Gasteiger partial charge in [0, 0.05) is 45.0 Å². The highest BCUT2D eigenvalue weighted by Gasteiger charge is 2.42. The van der Waals surface area contributed by atoms with Gasteiger partial charge in [-0.1, -0.05) is 44.4 Å². The molecule has 0 aliphatic carbocycles. The molecule has 2 atom stereocenters. The molecule has 2 heterocycles. The zero-order valence-corrected chi connectivity index (χ0v) is 22.1. The lowest BCUT2D eigenvalue weighted by Gasteiger charge is -2.34. The molecule has 1 aromatic heterocycles. The summed E-state index contributed by atoms with van der Waals surface area (Å²) in [6.07, 6.45) is 9.89. The molecule has 7 heteroatoms. The van der Waals surface area contributed by atoms with E-state index < -0.39 is 5.41 Å². The Morgan fingerprint density at radius 3 is 2.78 bits per heavy atom. The second-order valence-electron chi connectivity index (χ2n) is 10.2. The van der Waals surface area contributed by atoms with Crippen LogP contribution in [0.1, 0.15) is 73.9 Å². The SMILES string of the molecule is CCCCC1(c2cccc(Oc3cc(C(N)Cc4cncn4C)ccc3C#N)c2)CCCCN(C)C1=O. The summed E-state index contributed by atoms with van der Waals surface area (Å²) in [6.45, 7) is 2.95. The minimum absolute atomic E-state index is 0.191. The highest BCUT2D eigenvalue weighted by Crippen LogP contribution is 2.41. The molecule has 0 bridgehead atoms. The monoisotopic (exact) mass is 499 g/mol. The Morgan fingerprint density at radius 1 is 1.22 bits per heavy atom. The fourth-order valence-corrected chi connectivity index (χ4v) is 5.33. The van der Waals surface area contributed by atoms with Crippen molar-refractivity contribution in [3.8, 4) is 17.6 Å². The van der Waals surface area contributed by atoms with E-state index in [2.05, 4.69) is 18.0 Å². The number of nitrogens with zero attached hydrogens (tertiary/aromatic N) is 4. The summed E-state index contributed by atoms with van der Waals surface area (Å²) in [4.78, 5) is 19.7. The number of nitriles is 1. The molecule has 7 nitrogen and oxygen atoms in total. The lowest BCUT2D eigenvalue weighted by atomic mass is 9.72. The normalized spacial score (nSPS) is 18.8. The van der Waals surface area contributed by atoms with Crippen LogP contribution in [0.2, 0.25) is 0 Å². The minimum atomic E-state index is -0.550. The lowest BCUT2D eigenvalue weighted by molar-refractivity contribution is -0.136. The van der Waals surface area contributed by atoms with Gasteiger partial charge < -0.3 is 19.9 Å². The number of nitrogens with two attached hydrogens (primary N) is 1. The number of benzene rings is 2. The molecule has 2 aromatic carbocycles. The molecule has 0 spiro atoms. The summed E-state index contributed by atoms with van der Waals surface area (Å²) in [5.41, 5.74) is 9.30. The van der Waals surface area contributed by atoms with E-state index in [4.69, 9.17) is 10.5 Å². The largest absolute Gasteiger partial charge is 0.456 e. The first-order valence-corrected chi connectivity index (χ1v) is 13.2. The molecule has 4 rings (SSSR count). The Kier molecular flexibility index (Phi) is 8.30. The third-order valence-electron chi connectivity index (χ3n) is 7.57. The summed E-state index contributed by atoms with van der Waals surface area (Å²) in [6, 6.07) is 15.3. The van der Waals surface area contributed by atoms with E-state index in [-0.39, 0.29) is 11.9 Å². The number of likely N-dealkylation sites (N-methyl/N-ethyl adjacent to an activating group) is 1. The van der Waals surface area contributed by atoms with Crippen molar-refractivity contribution < 1.29 is 9.53 Å². The topological polar surface area (TPSA) is 97.2 Å². The van der Waals surface area contributed by atoms with Crippen LogP contribution in [0.15, 0.2) is 55.0 Å². The number of aryl methyl sites for hydroxylation is 1. The third-order valence-corrected chi connectivity index (χ3v) is 7.57. The van der Waals surface area contributed by atoms with Gasteiger partial charge in [0.1, 0.15) is 17.6 Å². The van der Waals surface area contributed by atoms with Crippen LogP contribution in [0.4, 0.5) is 0 Å². The molecule has 194 valence electrons. The fraction of sp³-hybridized carbons (Fsp3) is 0.433. The van der Waals surface area contributed by atoms with Gasteiger partial charge >= 0.3 is 0 Å². The van der Waals surface area contributed by atoms with E-state index >= 15 is 0 Å². The molecule has 2 unspecified atom stereocenters. The van der Waals surface area contributed by atoms with Crippen molar-refractivity contribution in [1.82, 2.24) is 14.5 Å². The quantitative estimate of drug-likeness (QED) is 0.425. The van der Waals surface area contributed by atoms with E-state index in [9.17, 15) is 10.1 Å². The molecular weight excluding hydrogens is 462 g/mol. The number of aromatic nitrogens is 2. The Labute approximate surface area is 219 Å². The van der Waals surface area contributed by atoms with E-state index in [0.29, 0.717) is 23.5 Å². The first kappa shape index (κ1) is 26.4. The van der Waals surface area contributed by atoms with Crippen molar-refractivity contribution in [2.24, 2.45) is 12.8 Å². The molecule has 1 aliphatic rings. The molecule has 0 radical (unpaired) electrons. The van der Waals surface area contributed by atoms with Crippen LogP contribution >= 0.6 is 0 Å². The highest BCUT2D eigenvalue weighted by atomic mass is 16.5. The predicted octanol–water partition coefficient (Wildman–Crippen LogP) is 5.40. The Balaban J connectivity index is 1.65. The summed E-state index contributed by atoms with van der Waals surface area (Å²) in [5, 5.41) is 9.74. The Hall–Kier alpha value is -3.63. The van der Waals surface area contributed by atoms with Crippen molar-refractivity contribution in [2.75, 3.05) is 13.6 Å². The maximum absolute atomic E-state index is 13.6. The third kappa shape index (κ3) is 5.70. The van der Waals surface area contributed by atoms with Crippen LogP contribution < -0.4 is 10.5 Å². The summed E-state index contributed by atoms with van der Waals surface area (Å²) in [7, 11) is 3.85. The van der Waals surface area contributed by atoms with E-state index in [1.165, 1.54) is 0 Å². The first-order chi connectivity index (χ1) is 17.9. The van der Waals surface area contributed by atoms with Crippen molar-refractivity contribution in [1.29, 1.82) is 5.26 Å². The summed E-state index contributed by atoms with van der Waals surface area (Å²) < 4.78 is 8.26. The van der Waals surface area contributed by atoms with Gasteiger partial charge in [0.2, 0.25) is 5.91 Å². The van der Waals surface area contributed by atoms with Crippen molar-refractivity contribution in [3.05, 3.63) is 77.4 Å². The number of likely N-dealkylation sites (tertiary alicyclic amines) is 1. The number of hydrogen-bond acceptors (Lipinski definition) is 5. The van der Waals surface area contributed by atoms with Gasteiger partial charge in [-0.25, -0.2) is 4.98 Å². The molecule has 1 amide bonds. The number of carbonyl (C=O) groups is 1. The Bertz CT molecular complexity index is 1280. The molecule has 1 fully saturated rings. The second-order valence-corrected chi connectivity index (χ2v) is 10.2. The molecule has 37 heavy (non-hydrogen) atoms. The molecule has 2 N–H and O–H groups in total. The van der Waals surface area contributed by atoms with Crippen LogP contribution in [0.5, 0.6) is 11.5 Å². The van der Waals surface area contributed by atoms with Crippen LogP contribution in [-0.2, 0) is 23.7 Å². The number of unbranched alkanes of at least 4 members (excludes halogenated alkanes) is 1. The van der Waals surface area contributed by atoms with Gasteiger partial charge in [-0.05, 0) is 54.7 Å². The fourth-order valence-electron chi connectivity index (χ4n) is 5.33. The van der Waals surface area contributed by atoms with E-state index in [1.54, 1.807) is 12.4 Å². The van der Waals surface area contributed by atoms with Gasteiger partial charge in [-0.15, -0.1) is 0 Å². The maximum atomic E-state index is 13.6. The number of rotatable bonds is 9. The van der Waals surface area contributed by atoms with Crippen LogP contribution in [-0.4, -0.2) is 34.0 Å². The van der Waals surface area contributed by atoms with E-state index in [1.807, 2.05) is 66.2 Å². The number of carbonyl (C=O) groups excluding carboxylic acids is 1. The standard InChI is InChI=1S/C30H37N5O2/c1-4-5-13-30(14-6-7-15-34(2)29(30)36)24-9-8-10-26(17-24)37-28-16-22(11-12-23(28)19-31)27(32)18-25-20-33-21-35(25)3/h8-12,16-17,20-21,27H,4-7,13-15,18,32H2,1-3H3. The molecular formula is C30H37N5O2. The zero-order valence-electron chi connectivity index (χ0n) is 22.1. The molecule has 1 saturated heterocycles. The van der Waals surface area contributed by atoms with Crippen molar-refractivity contribution in [3.63, 3.8) is 0 Å². The smallest absolute Gasteiger partial charge is 0.232 e. The van der Waals surface area contributed by atoms with Gasteiger partial charge in [0.15, 0.2) is 0 Å². The number of amides is 1. The van der Waals surface area contributed by atoms with Crippen molar-refractivity contribution in [2.45, 2.75) is 63.3 Å². The van der Waals surface area contributed by atoms with Gasteiger partial charge in [-0.2, -0.15) is 5.26 Å². The van der Waals surface area contributed by atoms with Gasteiger partial charge in [0.25, 0.3) is 0 Å². The Morgan fingerprint density at radius 2 is 2.05 bits per heavy atom. The number of imidazole rings is 1. The highest BCUT2D eigenvalue weighted by molar-refractivity contribution is 5.88. The van der Waals surface area contributed by atoms with Gasteiger partial charge in [-0.3, -0.25) is 4.79 Å². The van der Waals surface area contributed by atoms with Crippen LogP contribution in [0.3, 0.4) is 0 Å². The average molecular weight is 500 g/mol. The molecule has 1 aliphatic heterocycles. The zero-order chi connectivity index (χ0) is 26.4. The van der Waals surface area contributed by atoms with Gasteiger partial charge in [0.05, 0.1) is 17.3 Å². The first-order valence-electron chi connectivity index (χ1n) is 13.2. The number of hydrogen-bond donors (Lipinski definition) is 1. The number of ether oxygens (including phenoxy) is 1. The molecule has 3 aromatic rings. The second kappa shape index (κ2) is 11.6.